The van der Waals surface area contributed by atoms with Crippen LogP contribution in [0.1, 0.15) is 12.0 Å². The second-order valence-electron chi connectivity index (χ2n) is 4.96. The van der Waals surface area contributed by atoms with Crippen molar-refractivity contribution >= 4 is 15.9 Å². The number of sulfonamides is 1. The maximum atomic E-state index is 12.6. The fourth-order valence-corrected chi connectivity index (χ4v) is 3.76. The van der Waals surface area contributed by atoms with E-state index in [1.54, 1.807) is 12.1 Å². The maximum Gasteiger partial charge on any atom is 0.243 e. The molecule has 1 fully saturated rings. The molecule has 2 rings (SSSR count). The monoisotopic (exact) mass is 328 g/mol. The summed E-state index contributed by atoms with van der Waals surface area (Å²) in [6, 6.07) is 4.66. The van der Waals surface area contributed by atoms with Crippen molar-refractivity contribution in [1.29, 1.82) is 0 Å². The van der Waals surface area contributed by atoms with Gasteiger partial charge in [-0.1, -0.05) is 0 Å². The van der Waals surface area contributed by atoms with Gasteiger partial charge in [0, 0.05) is 19.5 Å². The fourth-order valence-electron chi connectivity index (χ4n) is 2.30. The number of benzene rings is 1. The number of hydrogen-bond acceptors (Lipinski definition) is 5. The molecule has 7 nitrogen and oxygen atoms in total. The molecule has 1 aliphatic rings. The molecule has 0 unspecified atom stereocenters. The highest BCUT2D eigenvalue weighted by molar-refractivity contribution is 7.89. The zero-order valence-electron chi connectivity index (χ0n) is 12.4. The largest absolute Gasteiger partial charge is 0.496 e. The molecule has 122 valence electrons. The van der Waals surface area contributed by atoms with Crippen molar-refractivity contribution in [3.8, 4) is 5.75 Å². The lowest BCUT2D eigenvalue weighted by Crippen LogP contribution is -2.40. The van der Waals surface area contributed by atoms with Crippen LogP contribution in [0.4, 0.5) is 0 Å². The van der Waals surface area contributed by atoms with Crippen LogP contribution in [-0.4, -0.2) is 52.0 Å². The quantitative estimate of drug-likeness (QED) is 0.800. The molecule has 8 heteroatoms. The summed E-state index contributed by atoms with van der Waals surface area (Å²) in [5, 5.41) is 0. The molecule has 0 aromatic heterocycles. The van der Waals surface area contributed by atoms with Gasteiger partial charge in [0.25, 0.3) is 0 Å². The molecule has 0 spiro atoms. The molecule has 0 saturated carbocycles. The summed E-state index contributed by atoms with van der Waals surface area (Å²) in [5.41, 5.74) is 5.80. The van der Waals surface area contributed by atoms with Crippen LogP contribution >= 0.6 is 0 Å². The number of carbonyl (C=O) groups is 1. The first-order valence-electron chi connectivity index (χ1n) is 6.98. The van der Waals surface area contributed by atoms with Gasteiger partial charge in [-0.05, 0) is 30.2 Å². The molecule has 0 radical (unpaired) electrons. The third-order valence-electron chi connectivity index (χ3n) is 3.50. The molecular weight excluding hydrogens is 308 g/mol. The Morgan fingerprint density at radius 1 is 1.36 bits per heavy atom. The van der Waals surface area contributed by atoms with Crippen LogP contribution in [0.2, 0.25) is 0 Å². The number of amides is 1. The lowest BCUT2D eigenvalue weighted by atomic mass is 10.1. The molecule has 1 aliphatic heterocycles. The molecule has 0 bridgehead atoms. The lowest BCUT2D eigenvalue weighted by molar-refractivity contribution is -0.117. The Morgan fingerprint density at radius 3 is 2.64 bits per heavy atom. The summed E-state index contributed by atoms with van der Waals surface area (Å²) in [6.07, 6.45) is 0.475. The summed E-state index contributed by atoms with van der Waals surface area (Å²) in [6.45, 7) is 1.46. The Morgan fingerprint density at radius 2 is 2.05 bits per heavy atom. The van der Waals surface area contributed by atoms with Crippen molar-refractivity contribution in [3.63, 3.8) is 0 Å². The number of methoxy groups -OCH3 is 1. The number of aryl methyl sites for hydroxylation is 1. The van der Waals surface area contributed by atoms with Crippen LogP contribution in [0.15, 0.2) is 23.1 Å². The van der Waals surface area contributed by atoms with E-state index in [-0.39, 0.29) is 11.3 Å². The highest BCUT2D eigenvalue weighted by Gasteiger charge is 2.27. The van der Waals surface area contributed by atoms with E-state index < -0.39 is 15.9 Å². The van der Waals surface area contributed by atoms with Crippen LogP contribution in [0.25, 0.3) is 0 Å². The molecular formula is C14H20N2O5S. The van der Waals surface area contributed by atoms with Gasteiger partial charge in [0.1, 0.15) is 5.75 Å². The van der Waals surface area contributed by atoms with Gasteiger partial charge in [-0.3, -0.25) is 4.79 Å². The van der Waals surface area contributed by atoms with Crippen LogP contribution in [0.5, 0.6) is 5.75 Å². The van der Waals surface area contributed by atoms with Gasteiger partial charge in [0.15, 0.2) is 0 Å². The topological polar surface area (TPSA) is 98.9 Å². The molecule has 1 heterocycles. The molecule has 1 aromatic carbocycles. The first-order valence-corrected chi connectivity index (χ1v) is 8.42. The van der Waals surface area contributed by atoms with E-state index in [9.17, 15) is 13.2 Å². The highest BCUT2D eigenvalue weighted by Crippen LogP contribution is 2.26. The number of primary amides is 1. The molecule has 1 saturated heterocycles. The number of hydrogen-bond donors (Lipinski definition) is 1. The van der Waals surface area contributed by atoms with Crippen LogP contribution in [0, 0.1) is 0 Å². The second-order valence-corrected chi connectivity index (χ2v) is 6.89. The van der Waals surface area contributed by atoms with E-state index in [1.165, 1.54) is 17.5 Å². The minimum atomic E-state index is -3.57. The predicted octanol–water partition coefficient (Wildman–Crippen LogP) is 0.134. The van der Waals surface area contributed by atoms with Gasteiger partial charge in [0.2, 0.25) is 15.9 Å². The molecule has 1 amide bonds. The smallest absolute Gasteiger partial charge is 0.243 e. The van der Waals surface area contributed by atoms with Gasteiger partial charge in [-0.25, -0.2) is 8.42 Å². The van der Waals surface area contributed by atoms with E-state index in [1.807, 2.05) is 0 Å². The third-order valence-corrected chi connectivity index (χ3v) is 5.40. The molecule has 2 N–H and O–H groups in total. The predicted molar refractivity (Wildman–Crippen MR) is 80.1 cm³/mol. The average Bonchev–Trinajstić information content (AvgIpc) is 2.53. The second kappa shape index (κ2) is 7.08. The van der Waals surface area contributed by atoms with Gasteiger partial charge in [-0.15, -0.1) is 0 Å². The Labute approximate surface area is 130 Å². The zero-order chi connectivity index (χ0) is 16.2. The summed E-state index contributed by atoms with van der Waals surface area (Å²) in [4.78, 5) is 11.1. The first kappa shape index (κ1) is 16.7. The minimum Gasteiger partial charge on any atom is -0.496 e. The Bertz CT molecular complexity index is 639. The molecule has 22 heavy (non-hydrogen) atoms. The molecule has 0 aliphatic carbocycles. The van der Waals surface area contributed by atoms with Crippen LogP contribution < -0.4 is 10.5 Å². The Balaban J connectivity index is 2.30. The van der Waals surface area contributed by atoms with Crippen molar-refractivity contribution in [3.05, 3.63) is 23.8 Å². The van der Waals surface area contributed by atoms with Crippen molar-refractivity contribution in [2.24, 2.45) is 5.73 Å². The van der Waals surface area contributed by atoms with Crippen LogP contribution in [-0.2, 0) is 26.0 Å². The number of nitrogens with two attached hydrogens (primary N) is 1. The van der Waals surface area contributed by atoms with Gasteiger partial charge in [0.05, 0.1) is 25.2 Å². The van der Waals surface area contributed by atoms with Gasteiger partial charge in [-0.2, -0.15) is 4.31 Å². The molecule has 1 aromatic rings. The number of rotatable bonds is 6. The average molecular weight is 328 g/mol. The summed E-state index contributed by atoms with van der Waals surface area (Å²) in [5.74, 6) is 0.102. The first-order chi connectivity index (χ1) is 10.4. The van der Waals surface area contributed by atoms with Crippen LogP contribution in [0.3, 0.4) is 0 Å². The minimum absolute atomic E-state index is 0.136. The van der Waals surface area contributed by atoms with E-state index in [0.29, 0.717) is 44.0 Å². The number of nitrogens with zero attached hydrogens (tertiary/aromatic N) is 1. The van der Waals surface area contributed by atoms with Crippen molar-refractivity contribution in [2.75, 3.05) is 33.4 Å². The Hall–Kier alpha value is -1.64. The summed E-state index contributed by atoms with van der Waals surface area (Å²) < 4.78 is 37.0. The normalized spacial score (nSPS) is 16.4. The number of ether oxygens (including phenoxy) is 2. The summed E-state index contributed by atoms with van der Waals surface area (Å²) >= 11 is 0. The molecule has 0 atom stereocenters. The van der Waals surface area contributed by atoms with Crippen molar-refractivity contribution in [2.45, 2.75) is 17.7 Å². The van der Waals surface area contributed by atoms with Gasteiger partial charge < -0.3 is 15.2 Å². The van der Waals surface area contributed by atoms with E-state index >= 15 is 0 Å². The van der Waals surface area contributed by atoms with Crippen molar-refractivity contribution < 1.29 is 22.7 Å². The Kier molecular flexibility index (Phi) is 5.38. The lowest BCUT2D eigenvalue weighted by Gasteiger charge is -2.26. The highest BCUT2D eigenvalue weighted by atomic mass is 32.2. The van der Waals surface area contributed by atoms with E-state index in [0.717, 1.165) is 0 Å². The maximum absolute atomic E-state index is 12.6. The third kappa shape index (κ3) is 3.76. The fraction of sp³-hybridized carbons (Fsp3) is 0.500. The SMILES string of the molecule is COc1ccc(S(=O)(=O)N2CCOCC2)cc1CCC(N)=O. The van der Waals surface area contributed by atoms with E-state index in [2.05, 4.69) is 0 Å². The number of carbonyl (C=O) groups excluding carboxylic acids is 1. The van der Waals surface area contributed by atoms with Crippen molar-refractivity contribution in [1.82, 2.24) is 4.31 Å². The van der Waals surface area contributed by atoms with E-state index in [4.69, 9.17) is 15.2 Å². The van der Waals surface area contributed by atoms with Gasteiger partial charge >= 0.3 is 0 Å². The summed E-state index contributed by atoms with van der Waals surface area (Å²) in [7, 11) is -2.07. The standard InChI is InChI=1S/C14H20N2O5S/c1-20-13-4-3-12(10-11(13)2-5-14(15)17)22(18,19)16-6-8-21-9-7-16/h3-4,10H,2,5-9H2,1H3,(H2,15,17). The zero-order valence-corrected chi connectivity index (χ0v) is 13.3. The number of morpholine rings is 1.